The number of hydrogen-bond acceptors (Lipinski definition) is 5. The SMILES string of the molecule is CCc1nc2ccc(C(=O)NCCCN3CCCC3=O)cn2c1N(CC)CC(=O)N(C)C. The highest BCUT2D eigenvalue weighted by Crippen LogP contribution is 2.24. The van der Waals surface area contributed by atoms with Crippen molar-refractivity contribution < 1.29 is 14.4 Å². The quantitative estimate of drug-likeness (QED) is 0.564. The van der Waals surface area contributed by atoms with Crippen LogP contribution in [0.2, 0.25) is 0 Å². The summed E-state index contributed by atoms with van der Waals surface area (Å²) in [7, 11) is 3.49. The van der Waals surface area contributed by atoms with Crippen LogP contribution in [0.1, 0.15) is 49.2 Å². The van der Waals surface area contributed by atoms with Crippen LogP contribution in [0.4, 0.5) is 5.82 Å². The summed E-state index contributed by atoms with van der Waals surface area (Å²) in [5, 5.41) is 2.95. The lowest BCUT2D eigenvalue weighted by Crippen LogP contribution is -2.37. The minimum Gasteiger partial charge on any atom is -0.352 e. The van der Waals surface area contributed by atoms with Gasteiger partial charge in [-0.2, -0.15) is 0 Å². The number of amides is 3. The van der Waals surface area contributed by atoms with Gasteiger partial charge in [0, 0.05) is 52.9 Å². The van der Waals surface area contributed by atoms with Crippen molar-refractivity contribution in [1.29, 1.82) is 0 Å². The Morgan fingerprint density at radius 3 is 2.62 bits per heavy atom. The van der Waals surface area contributed by atoms with E-state index in [1.54, 1.807) is 31.3 Å². The number of aryl methyl sites for hydroxylation is 1. The maximum absolute atomic E-state index is 12.7. The summed E-state index contributed by atoms with van der Waals surface area (Å²) in [5.41, 5.74) is 2.17. The normalized spacial score (nSPS) is 13.6. The minimum absolute atomic E-state index is 0.00855. The van der Waals surface area contributed by atoms with Crippen molar-refractivity contribution in [2.75, 3.05) is 51.7 Å². The molecule has 0 radical (unpaired) electrons. The predicted octanol–water partition coefficient (Wildman–Crippen LogP) is 1.55. The minimum atomic E-state index is -0.162. The molecule has 0 bridgehead atoms. The molecule has 0 aromatic carbocycles. The summed E-state index contributed by atoms with van der Waals surface area (Å²) < 4.78 is 1.91. The van der Waals surface area contributed by atoms with Crippen molar-refractivity contribution in [1.82, 2.24) is 24.5 Å². The van der Waals surface area contributed by atoms with Gasteiger partial charge < -0.3 is 20.0 Å². The Balaban J connectivity index is 1.74. The van der Waals surface area contributed by atoms with Gasteiger partial charge in [-0.1, -0.05) is 6.92 Å². The molecule has 9 nitrogen and oxygen atoms in total. The molecule has 9 heteroatoms. The molecule has 0 spiro atoms. The fourth-order valence-electron chi connectivity index (χ4n) is 3.94. The molecule has 1 aliphatic rings. The molecule has 0 unspecified atom stereocenters. The summed E-state index contributed by atoms with van der Waals surface area (Å²) >= 11 is 0. The molecule has 1 N–H and O–H groups in total. The van der Waals surface area contributed by atoms with Crippen LogP contribution in [0.3, 0.4) is 0 Å². The lowest BCUT2D eigenvalue weighted by molar-refractivity contribution is -0.128. The van der Waals surface area contributed by atoms with E-state index in [-0.39, 0.29) is 24.3 Å². The van der Waals surface area contributed by atoms with Crippen LogP contribution in [-0.2, 0) is 16.0 Å². The first kappa shape index (κ1) is 23.6. The molecular formula is C23H34N6O3. The largest absolute Gasteiger partial charge is 0.352 e. The number of carbonyl (C=O) groups excluding carboxylic acids is 3. The number of hydrogen-bond donors (Lipinski definition) is 1. The van der Waals surface area contributed by atoms with Gasteiger partial charge in [0.05, 0.1) is 17.8 Å². The van der Waals surface area contributed by atoms with E-state index in [1.807, 2.05) is 34.1 Å². The van der Waals surface area contributed by atoms with E-state index in [1.165, 1.54) is 0 Å². The van der Waals surface area contributed by atoms with E-state index < -0.39 is 0 Å². The first-order chi connectivity index (χ1) is 15.3. The lowest BCUT2D eigenvalue weighted by atomic mass is 10.2. The average Bonchev–Trinajstić information content (AvgIpc) is 3.36. The van der Waals surface area contributed by atoms with Gasteiger partial charge in [-0.25, -0.2) is 4.98 Å². The van der Waals surface area contributed by atoms with Gasteiger partial charge in [0.15, 0.2) is 0 Å². The first-order valence-electron chi connectivity index (χ1n) is 11.4. The maximum Gasteiger partial charge on any atom is 0.252 e. The number of anilines is 1. The molecule has 0 atom stereocenters. The average molecular weight is 443 g/mol. The molecule has 2 aromatic heterocycles. The van der Waals surface area contributed by atoms with Gasteiger partial charge in [-0.05, 0) is 38.3 Å². The van der Waals surface area contributed by atoms with Crippen LogP contribution in [0.15, 0.2) is 18.3 Å². The molecule has 1 aliphatic heterocycles. The van der Waals surface area contributed by atoms with Gasteiger partial charge in [0.1, 0.15) is 11.5 Å². The first-order valence-corrected chi connectivity index (χ1v) is 11.4. The van der Waals surface area contributed by atoms with Crippen molar-refractivity contribution >= 4 is 29.2 Å². The number of imidazole rings is 1. The molecule has 174 valence electrons. The van der Waals surface area contributed by atoms with Gasteiger partial charge in [-0.3, -0.25) is 18.8 Å². The van der Waals surface area contributed by atoms with Crippen LogP contribution in [0.5, 0.6) is 0 Å². The van der Waals surface area contributed by atoms with Crippen molar-refractivity contribution in [2.24, 2.45) is 0 Å². The topological polar surface area (TPSA) is 90.3 Å². The number of carbonyl (C=O) groups is 3. The predicted molar refractivity (Wildman–Crippen MR) is 124 cm³/mol. The van der Waals surface area contributed by atoms with Crippen molar-refractivity contribution in [3.8, 4) is 0 Å². The Labute approximate surface area is 189 Å². The Kier molecular flexibility index (Phi) is 7.71. The molecule has 0 aliphatic carbocycles. The zero-order valence-electron chi connectivity index (χ0n) is 19.6. The zero-order chi connectivity index (χ0) is 23.3. The third-order valence-electron chi connectivity index (χ3n) is 5.83. The van der Waals surface area contributed by atoms with Crippen molar-refractivity contribution in [3.05, 3.63) is 29.6 Å². The van der Waals surface area contributed by atoms with Crippen LogP contribution in [0.25, 0.3) is 5.65 Å². The zero-order valence-corrected chi connectivity index (χ0v) is 19.6. The number of aromatic nitrogens is 2. The summed E-state index contributed by atoms with van der Waals surface area (Å²) in [6.45, 7) is 6.93. The number of fused-ring (bicyclic) bond motifs is 1. The maximum atomic E-state index is 12.7. The number of likely N-dealkylation sites (N-methyl/N-ethyl adjacent to an activating group) is 2. The third kappa shape index (κ3) is 5.20. The summed E-state index contributed by atoms with van der Waals surface area (Å²) in [5.74, 6) is 0.899. The summed E-state index contributed by atoms with van der Waals surface area (Å²) in [4.78, 5) is 46.9. The number of rotatable bonds is 10. The molecule has 1 fully saturated rings. The number of nitrogens with one attached hydrogen (secondary N) is 1. The van der Waals surface area contributed by atoms with E-state index in [9.17, 15) is 14.4 Å². The summed E-state index contributed by atoms with van der Waals surface area (Å²) in [6.07, 6.45) is 4.80. The number of likely N-dealkylation sites (tertiary alicyclic amines) is 1. The standard InChI is InChI=1S/C23H34N6O3/c1-5-18-23(27(6-2)16-21(31)26(3)4)29-15-17(10-11-19(29)25-18)22(32)24-12-8-14-28-13-7-9-20(28)30/h10-11,15H,5-9,12-14,16H2,1-4H3,(H,24,32). The lowest BCUT2D eigenvalue weighted by Gasteiger charge is -2.24. The Morgan fingerprint density at radius 2 is 2.00 bits per heavy atom. The smallest absolute Gasteiger partial charge is 0.252 e. The summed E-state index contributed by atoms with van der Waals surface area (Å²) in [6, 6.07) is 3.61. The van der Waals surface area contributed by atoms with Crippen LogP contribution >= 0.6 is 0 Å². The van der Waals surface area contributed by atoms with E-state index in [0.29, 0.717) is 31.6 Å². The van der Waals surface area contributed by atoms with E-state index in [4.69, 9.17) is 4.98 Å². The van der Waals surface area contributed by atoms with Gasteiger partial charge in [0.25, 0.3) is 5.91 Å². The molecule has 3 amide bonds. The Bertz CT molecular complexity index is 984. The highest BCUT2D eigenvalue weighted by Gasteiger charge is 2.21. The highest BCUT2D eigenvalue weighted by atomic mass is 16.2. The molecule has 32 heavy (non-hydrogen) atoms. The Morgan fingerprint density at radius 1 is 1.22 bits per heavy atom. The number of nitrogens with zero attached hydrogens (tertiary/aromatic N) is 5. The molecule has 1 saturated heterocycles. The van der Waals surface area contributed by atoms with Crippen molar-refractivity contribution in [2.45, 2.75) is 39.5 Å². The van der Waals surface area contributed by atoms with E-state index in [2.05, 4.69) is 5.32 Å². The van der Waals surface area contributed by atoms with Gasteiger partial charge >= 0.3 is 0 Å². The monoisotopic (exact) mass is 442 g/mol. The highest BCUT2D eigenvalue weighted by molar-refractivity contribution is 5.94. The fourth-order valence-corrected chi connectivity index (χ4v) is 3.94. The molecule has 2 aromatic rings. The third-order valence-corrected chi connectivity index (χ3v) is 5.83. The van der Waals surface area contributed by atoms with Crippen LogP contribution in [-0.4, -0.2) is 83.7 Å². The van der Waals surface area contributed by atoms with Gasteiger partial charge in [0.2, 0.25) is 11.8 Å². The van der Waals surface area contributed by atoms with E-state index >= 15 is 0 Å². The second-order valence-corrected chi connectivity index (χ2v) is 8.28. The van der Waals surface area contributed by atoms with E-state index in [0.717, 1.165) is 43.0 Å². The molecule has 3 heterocycles. The van der Waals surface area contributed by atoms with Crippen LogP contribution < -0.4 is 10.2 Å². The Hall–Kier alpha value is -3.10. The van der Waals surface area contributed by atoms with Crippen molar-refractivity contribution in [3.63, 3.8) is 0 Å². The molecular weight excluding hydrogens is 408 g/mol. The van der Waals surface area contributed by atoms with Crippen LogP contribution in [0, 0.1) is 0 Å². The fraction of sp³-hybridized carbons (Fsp3) is 0.565. The molecule has 0 saturated carbocycles. The number of pyridine rings is 1. The molecule has 3 rings (SSSR count). The second-order valence-electron chi connectivity index (χ2n) is 8.28. The van der Waals surface area contributed by atoms with Gasteiger partial charge in [-0.15, -0.1) is 0 Å². The second kappa shape index (κ2) is 10.5.